The molecule has 2 aromatic heterocycles. The van der Waals surface area contributed by atoms with Gasteiger partial charge in [0.05, 0.1) is 17.6 Å². The van der Waals surface area contributed by atoms with Crippen LogP contribution >= 0.6 is 0 Å². The second kappa shape index (κ2) is 6.61. The monoisotopic (exact) mass is 327 g/mol. The predicted molar refractivity (Wildman–Crippen MR) is 99.7 cm³/mol. The summed E-state index contributed by atoms with van der Waals surface area (Å²) >= 11 is 0. The van der Waals surface area contributed by atoms with Crippen molar-refractivity contribution in [2.24, 2.45) is 4.99 Å². The van der Waals surface area contributed by atoms with Crippen LogP contribution in [0.25, 0.3) is 17.1 Å². The summed E-state index contributed by atoms with van der Waals surface area (Å²) in [5.74, 6) is 0.723. The minimum absolute atomic E-state index is 0.723. The lowest BCUT2D eigenvalue weighted by Crippen LogP contribution is -1.93. The standard InChI is InChI=1S/C21H17N3O/c1-16-8-5-6-11-19(16)22-14-17-15-24(18-9-3-2-4-10-18)23-21(17)20-12-7-13-25-20/h2-15H,1H3. The molecule has 0 amide bonds. The number of aryl methyl sites for hydroxylation is 1. The lowest BCUT2D eigenvalue weighted by atomic mass is 10.2. The molecule has 4 heteroatoms. The summed E-state index contributed by atoms with van der Waals surface area (Å²) in [5.41, 5.74) is 4.74. The van der Waals surface area contributed by atoms with Crippen molar-refractivity contribution in [1.82, 2.24) is 9.78 Å². The lowest BCUT2D eigenvalue weighted by Gasteiger charge is -1.98. The minimum atomic E-state index is 0.723. The Morgan fingerprint density at radius 1 is 0.960 bits per heavy atom. The van der Waals surface area contributed by atoms with Crippen LogP contribution < -0.4 is 0 Å². The van der Waals surface area contributed by atoms with Crippen molar-refractivity contribution in [2.75, 3.05) is 0 Å². The third kappa shape index (κ3) is 3.15. The van der Waals surface area contributed by atoms with Gasteiger partial charge in [0, 0.05) is 18.0 Å². The minimum Gasteiger partial charge on any atom is -0.463 e. The van der Waals surface area contributed by atoms with Gasteiger partial charge in [-0.2, -0.15) is 5.10 Å². The number of aliphatic imine (C=N–C) groups is 1. The van der Waals surface area contributed by atoms with Crippen LogP contribution in [-0.4, -0.2) is 16.0 Å². The molecule has 0 N–H and O–H groups in total. The number of para-hydroxylation sites is 2. The van der Waals surface area contributed by atoms with E-state index in [9.17, 15) is 0 Å². The molecular weight excluding hydrogens is 310 g/mol. The van der Waals surface area contributed by atoms with E-state index in [2.05, 4.69) is 10.1 Å². The molecule has 0 fully saturated rings. The quantitative estimate of drug-likeness (QED) is 0.484. The Bertz CT molecular complexity index is 999. The van der Waals surface area contributed by atoms with E-state index < -0.39 is 0 Å². The second-order valence-electron chi connectivity index (χ2n) is 5.74. The molecule has 0 bridgehead atoms. The fraction of sp³-hybridized carbons (Fsp3) is 0.0476. The molecular formula is C21H17N3O. The Balaban J connectivity index is 1.78. The molecule has 4 nitrogen and oxygen atoms in total. The highest BCUT2D eigenvalue weighted by atomic mass is 16.3. The largest absolute Gasteiger partial charge is 0.463 e. The van der Waals surface area contributed by atoms with Crippen molar-refractivity contribution in [1.29, 1.82) is 0 Å². The van der Waals surface area contributed by atoms with Gasteiger partial charge < -0.3 is 4.42 Å². The SMILES string of the molecule is Cc1ccccc1N=Cc1cn(-c2ccccc2)nc1-c1ccco1. The average molecular weight is 327 g/mol. The van der Waals surface area contributed by atoms with E-state index in [-0.39, 0.29) is 0 Å². The number of aromatic nitrogens is 2. The maximum absolute atomic E-state index is 5.55. The number of benzene rings is 2. The molecule has 0 radical (unpaired) electrons. The highest BCUT2D eigenvalue weighted by molar-refractivity contribution is 5.89. The first kappa shape index (κ1) is 15.1. The van der Waals surface area contributed by atoms with E-state index in [1.807, 2.05) is 90.7 Å². The van der Waals surface area contributed by atoms with Gasteiger partial charge in [-0.05, 0) is 42.8 Å². The lowest BCUT2D eigenvalue weighted by molar-refractivity contribution is 0.579. The molecule has 4 aromatic rings. The van der Waals surface area contributed by atoms with Crippen LogP contribution in [0.3, 0.4) is 0 Å². The fourth-order valence-corrected chi connectivity index (χ4v) is 2.65. The zero-order chi connectivity index (χ0) is 17.1. The van der Waals surface area contributed by atoms with Crippen LogP contribution in [0.4, 0.5) is 5.69 Å². The number of rotatable bonds is 4. The van der Waals surface area contributed by atoms with Crippen LogP contribution in [0.5, 0.6) is 0 Å². The highest BCUT2D eigenvalue weighted by Gasteiger charge is 2.13. The summed E-state index contributed by atoms with van der Waals surface area (Å²) in [6.07, 6.45) is 5.46. The zero-order valence-corrected chi connectivity index (χ0v) is 13.8. The van der Waals surface area contributed by atoms with Gasteiger partial charge in [0.1, 0.15) is 5.69 Å². The Labute approximate surface area is 146 Å². The van der Waals surface area contributed by atoms with E-state index in [0.717, 1.165) is 34.0 Å². The molecule has 0 spiro atoms. The van der Waals surface area contributed by atoms with E-state index in [0.29, 0.717) is 0 Å². The molecule has 0 aliphatic heterocycles. The first-order valence-electron chi connectivity index (χ1n) is 8.10. The van der Waals surface area contributed by atoms with E-state index in [4.69, 9.17) is 4.42 Å². The zero-order valence-electron chi connectivity index (χ0n) is 13.8. The summed E-state index contributed by atoms with van der Waals surface area (Å²) in [5, 5.41) is 4.69. The van der Waals surface area contributed by atoms with Gasteiger partial charge in [-0.3, -0.25) is 4.99 Å². The van der Waals surface area contributed by atoms with Crippen LogP contribution in [0.1, 0.15) is 11.1 Å². The first-order valence-corrected chi connectivity index (χ1v) is 8.10. The van der Waals surface area contributed by atoms with E-state index in [1.54, 1.807) is 6.26 Å². The van der Waals surface area contributed by atoms with Crippen molar-refractivity contribution < 1.29 is 4.42 Å². The Hall–Kier alpha value is -3.40. The fourth-order valence-electron chi connectivity index (χ4n) is 2.65. The maximum atomic E-state index is 5.55. The van der Waals surface area contributed by atoms with Crippen molar-refractivity contribution >= 4 is 11.9 Å². The topological polar surface area (TPSA) is 43.3 Å². The molecule has 0 saturated heterocycles. The number of nitrogens with zero attached hydrogens (tertiary/aromatic N) is 3. The van der Waals surface area contributed by atoms with Gasteiger partial charge >= 0.3 is 0 Å². The Morgan fingerprint density at radius 2 is 1.76 bits per heavy atom. The van der Waals surface area contributed by atoms with Gasteiger partial charge in [-0.15, -0.1) is 0 Å². The molecule has 0 aliphatic rings. The third-order valence-corrected chi connectivity index (χ3v) is 3.98. The van der Waals surface area contributed by atoms with Crippen LogP contribution in [0.15, 0.2) is 88.6 Å². The van der Waals surface area contributed by atoms with Crippen molar-refractivity contribution in [2.45, 2.75) is 6.92 Å². The smallest absolute Gasteiger partial charge is 0.154 e. The maximum Gasteiger partial charge on any atom is 0.154 e. The normalized spacial score (nSPS) is 11.2. The molecule has 4 rings (SSSR count). The summed E-state index contributed by atoms with van der Waals surface area (Å²) < 4.78 is 7.39. The molecule has 122 valence electrons. The third-order valence-electron chi connectivity index (χ3n) is 3.98. The van der Waals surface area contributed by atoms with Crippen molar-refractivity contribution in [3.63, 3.8) is 0 Å². The summed E-state index contributed by atoms with van der Waals surface area (Å²) in [4.78, 5) is 4.63. The molecule has 0 unspecified atom stereocenters. The van der Waals surface area contributed by atoms with E-state index >= 15 is 0 Å². The van der Waals surface area contributed by atoms with Gasteiger partial charge in [-0.25, -0.2) is 4.68 Å². The Kier molecular flexibility index (Phi) is 4.01. The average Bonchev–Trinajstić information content (AvgIpc) is 3.31. The van der Waals surface area contributed by atoms with Crippen LogP contribution in [0.2, 0.25) is 0 Å². The van der Waals surface area contributed by atoms with Gasteiger partial charge in [-0.1, -0.05) is 36.4 Å². The highest BCUT2D eigenvalue weighted by Crippen LogP contribution is 2.24. The second-order valence-corrected chi connectivity index (χ2v) is 5.74. The molecule has 0 saturated carbocycles. The van der Waals surface area contributed by atoms with Gasteiger partial charge in [0.15, 0.2) is 5.76 Å². The predicted octanol–water partition coefficient (Wildman–Crippen LogP) is 5.19. The molecule has 2 aromatic carbocycles. The summed E-state index contributed by atoms with van der Waals surface area (Å²) in [6, 6.07) is 21.8. The van der Waals surface area contributed by atoms with Crippen LogP contribution in [-0.2, 0) is 0 Å². The van der Waals surface area contributed by atoms with Gasteiger partial charge in [0.2, 0.25) is 0 Å². The van der Waals surface area contributed by atoms with Crippen molar-refractivity contribution in [3.8, 4) is 17.1 Å². The Morgan fingerprint density at radius 3 is 2.52 bits per heavy atom. The molecule has 0 aliphatic carbocycles. The van der Waals surface area contributed by atoms with Crippen molar-refractivity contribution in [3.05, 3.63) is 90.3 Å². The summed E-state index contributed by atoms with van der Waals surface area (Å²) in [6.45, 7) is 2.05. The number of hydrogen-bond donors (Lipinski definition) is 0. The number of furan rings is 1. The van der Waals surface area contributed by atoms with Gasteiger partial charge in [0.25, 0.3) is 0 Å². The molecule has 2 heterocycles. The molecule has 25 heavy (non-hydrogen) atoms. The van der Waals surface area contributed by atoms with Crippen LogP contribution in [0, 0.1) is 6.92 Å². The van der Waals surface area contributed by atoms with E-state index in [1.165, 1.54) is 0 Å². The molecule has 0 atom stereocenters. The number of hydrogen-bond acceptors (Lipinski definition) is 3. The first-order chi connectivity index (χ1) is 12.3. The summed E-state index contributed by atoms with van der Waals surface area (Å²) in [7, 11) is 0.